The summed E-state index contributed by atoms with van der Waals surface area (Å²) in [6.07, 6.45) is 2.79. The van der Waals surface area contributed by atoms with E-state index < -0.39 is 11.6 Å². The maximum Gasteiger partial charge on any atom is 0.287 e. The standard InChI is InChI=1S/C17H16ClF2N7O/c1-17(19,20)12-3-4-21-16(23-12)27-11-7-13(18)22-8-10(11)15(24-27)26-6-5-25(2)14(28)9-26/h3-4,7-8H,5-6,9H2,1-2H3. The lowest BCUT2D eigenvalue weighted by atomic mass is 10.2. The first-order valence-electron chi connectivity index (χ1n) is 8.49. The Morgan fingerprint density at radius 2 is 2.04 bits per heavy atom. The third-order valence-corrected chi connectivity index (χ3v) is 4.76. The van der Waals surface area contributed by atoms with Gasteiger partial charge in [0.05, 0.1) is 17.4 Å². The van der Waals surface area contributed by atoms with Gasteiger partial charge in [-0.25, -0.2) is 15.0 Å². The van der Waals surface area contributed by atoms with Crippen LogP contribution in [-0.2, 0) is 10.7 Å². The number of carbonyl (C=O) groups excluding carboxylic acids is 1. The molecule has 1 aliphatic rings. The summed E-state index contributed by atoms with van der Waals surface area (Å²) >= 11 is 6.03. The largest absolute Gasteiger partial charge is 0.343 e. The van der Waals surface area contributed by atoms with Crippen molar-refractivity contribution < 1.29 is 13.6 Å². The van der Waals surface area contributed by atoms with Crippen LogP contribution in [0.3, 0.4) is 0 Å². The van der Waals surface area contributed by atoms with E-state index in [0.29, 0.717) is 29.8 Å². The van der Waals surface area contributed by atoms with Crippen molar-refractivity contribution >= 4 is 34.2 Å². The monoisotopic (exact) mass is 407 g/mol. The zero-order valence-corrected chi connectivity index (χ0v) is 15.9. The molecule has 0 N–H and O–H groups in total. The molecule has 0 saturated carbocycles. The van der Waals surface area contributed by atoms with Crippen LogP contribution in [0, 0.1) is 0 Å². The Morgan fingerprint density at radius 3 is 2.75 bits per heavy atom. The summed E-state index contributed by atoms with van der Waals surface area (Å²) in [7, 11) is 1.74. The highest BCUT2D eigenvalue weighted by atomic mass is 35.5. The summed E-state index contributed by atoms with van der Waals surface area (Å²) < 4.78 is 28.7. The van der Waals surface area contributed by atoms with Crippen LogP contribution in [0.1, 0.15) is 12.6 Å². The van der Waals surface area contributed by atoms with Crippen molar-refractivity contribution in [1.29, 1.82) is 0 Å². The first kappa shape index (κ1) is 18.5. The lowest BCUT2D eigenvalue weighted by Crippen LogP contribution is -2.48. The number of pyridine rings is 1. The van der Waals surface area contributed by atoms with E-state index in [2.05, 4.69) is 20.1 Å². The Morgan fingerprint density at radius 1 is 1.25 bits per heavy atom. The molecule has 0 unspecified atom stereocenters. The van der Waals surface area contributed by atoms with Gasteiger partial charge < -0.3 is 9.80 Å². The number of rotatable bonds is 3. The lowest BCUT2D eigenvalue weighted by molar-refractivity contribution is -0.129. The number of halogens is 3. The molecule has 0 aromatic carbocycles. The molecule has 0 spiro atoms. The predicted molar refractivity (Wildman–Crippen MR) is 98.9 cm³/mol. The number of hydrogen-bond donors (Lipinski definition) is 0. The molecular weight excluding hydrogens is 392 g/mol. The lowest BCUT2D eigenvalue weighted by Gasteiger charge is -2.32. The van der Waals surface area contributed by atoms with Gasteiger partial charge in [-0.3, -0.25) is 4.79 Å². The van der Waals surface area contributed by atoms with E-state index in [-0.39, 0.29) is 23.6 Å². The minimum atomic E-state index is -3.12. The molecule has 0 radical (unpaired) electrons. The van der Waals surface area contributed by atoms with Gasteiger partial charge in [-0.15, -0.1) is 5.10 Å². The molecule has 0 bridgehead atoms. The summed E-state index contributed by atoms with van der Waals surface area (Å²) in [6.45, 7) is 2.04. The second-order valence-electron chi connectivity index (χ2n) is 6.63. The summed E-state index contributed by atoms with van der Waals surface area (Å²) in [5.41, 5.74) is 0.0931. The second-order valence-corrected chi connectivity index (χ2v) is 7.01. The molecule has 0 aliphatic carbocycles. The average molecular weight is 408 g/mol. The van der Waals surface area contributed by atoms with Crippen molar-refractivity contribution in [2.24, 2.45) is 0 Å². The minimum absolute atomic E-state index is 0.0157. The van der Waals surface area contributed by atoms with Crippen molar-refractivity contribution in [2.45, 2.75) is 12.8 Å². The normalized spacial score (nSPS) is 15.5. The van der Waals surface area contributed by atoms with Crippen LogP contribution < -0.4 is 4.90 Å². The predicted octanol–water partition coefficient (Wildman–Crippen LogP) is 2.25. The quantitative estimate of drug-likeness (QED) is 0.619. The number of hydrogen-bond acceptors (Lipinski definition) is 6. The molecule has 1 saturated heterocycles. The second kappa shape index (κ2) is 6.62. The van der Waals surface area contributed by atoms with Gasteiger partial charge in [0.25, 0.3) is 11.9 Å². The summed E-state index contributed by atoms with van der Waals surface area (Å²) in [6, 6.07) is 2.72. The van der Waals surface area contributed by atoms with Gasteiger partial charge in [0.2, 0.25) is 5.91 Å². The van der Waals surface area contributed by atoms with Crippen molar-refractivity contribution in [2.75, 3.05) is 31.6 Å². The number of amides is 1. The molecule has 1 aliphatic heterocycles. The molecule has 28 heavy (non-hydrogen) atoms. The highest BCUT2D eigenvalue weighted by Gasteiger charge is 2.29. The molecule has 1 amide bonds. The van der Waals surface area contributed by atoms with Gasteiger partial charge in [-0.1, -0.05) is 11.6 Å². The van der Waals surface area contributed by atoms with E-state index >= 15 is 0 Å². The van der Waals surface area contributed by atoms with E-state index in [0.717, 1.165) is 13.0 Å². The Balaban J connectivity index is 1.86. The van der Waals surface area contributed by atoms with Crippen molar-refractivity contribution in [3.05, 3.63) is 35.4 Å². The molecule has 1 fully saturated rings. The maximum absolute atomic E-state index is 13.7. The van der Waals surface area contributed by atoms with Gasteiger partial charge in [-0.2, -0.15) is 13.5 Å². The average Bonchev–Trinajstić information content (AvgIpc) is 3.02. The van der Waals surface area contributed by atoms with Crippen LogP contribution in [0.2, 0.25) is 5.15 Å². The van der Waals surface area contributed by atoms with Crippen molar-refractivity contribution in [3.8, 4) is 5.95 Å². The number of carbonyl (C=O) groups is 1. The van der Waals surface area contributed by atoms with Gasteiger partial charge >= 0.3 is 0 Å². The molecular formula is C17H16ClF2N7O. The molecule has 3 aromatic heterocycles. The SMILES string of the molecule is CN1CCN(c2nn(-c3nccc(C(C)(F)F)n3)c3cc(Cl)ncc23)CC1=O. The summed E-state index contributed by atoms with van der Waals surface area (Å²) in [4.78, 5) is 27.7. The first-order chi connectivity index (χ1) is 13.2. The number of alkyl halides is 2. The minimum Gasteiger partial charge on any atom is -0.343 e. The van der Waals surface area contributed by atoms with E-state index in [1.165, 1.54) is 17.1 Å². The third kappa shape index (κ3) is 3.24. The van der Waals surface area contributed by atoms with Crippen LogP contribution in [-0.4, -0.2) is 62.2 Å². The van der Waals surface area contributed by atoms with Crippen LogP contribution >= 0.6 is 11.6 Å². The fourth-order valence-electron chi connectivity index (χ4n) is 2.99. The molecule has 8 nitrogen and oxygen atoms in total. The van der Waals surface area contributed by atoms with Gasteiger partial charge in [0, 0.05) is 45.5 Å². The number of likely N-dealkylation sites (N-methyl/N-ethyl adjacent to an activating group) is 1. The van der Waals surface area contributed by atoms with Gasteiger partial charge in [0.1, 0.15) is 10.8 Å². The van der Waals surface area contributed by atoms with Crippen LogP contribution in [0.25, 0.3) is 16.9 Å². The molecule has 146 valence electrons. The number of piperazine rings is 1. The number of aromatic nitrogens is 5. The topological polar surface area (TPSA) is 80.0 Å². The van der Waals surface area contributed by atoms with E-state index in [1.54, 1.807) is 18.0 Å². The van der Waals surface area contributed by atoms with Gasteiger partial charge in [-0.05, 0) is 6.07 Å². The van der Waals surface area contributed by atoms with E-state index in [9.17, 15) is 13.6 Å². The van der Waals surface area contributed by atoms with E-state index in [4.69, 9.17) is 11.6 Å². The number of anilines is 1. The summed E-state index contributed by atoms with van der Waals surface area (Å²) in [5.74, 6) is -2.68. The number of fused-ring (bicyclic) bond motifs is 1. The zero-order chi connectivity index (χ0) is 20.1. The van der Waals surface area contributed by atoms with Gasteiger partial charge in [0.15, 0.2) is 5.82 Å². The first-order valence-corrected chi connectivity index (χ1v) is 8.87. The molecule has 11 heteroatoms. The highest BCUT2D eigenvalue weighted by Crippen LogP contribution is 2.30. The smallest absolute Gasteiger partial charge is 0.287 e. The molecule has 4 heterocycles. The van der Waals surface area contributed by atoms with E-state index in [1.807, 2.05) is 4.90 Å². The van der Waals surface area contributed by atoms with Crippen LogP contribution in [0.4, 0.5) is 14.6 Å². The van der Waals surface area contributed by atoms with Crippen molar-refractivity contribution in [1.82, 2.24) is 29.6 Å². The zero-order valence-electron chi connectivity index (χ0n) is 15.1. The van der Waals surface area contributed by atoms with Crippen LogP contribution in [0.5, 0.6) is 0 Å². The fraction of sp³-hybridized carbons (Fsp3) is 0.353. The summed E-state index contributed by atoms with van der Waals surface area (Å²) in [5, 5.41) is 5.35. The Kier molecular flexibility index (Phi) is 4.37. The Bertz CT molecular complexity index is 1070. The molecule has 0 atom stereocenters. The fourth-order valence-corrected chi connectivity index (χ4v) is 3.14. The maximum atomic E-state index is 13.7. The third-order valence-electron chi connectivity index (χ3n) is 4.55. The van der Waals surface area contributed by atoms with Crippen LogP contribution in [0.15, 0.2) is 24.5 Å². The Hall–Kier alpha value is -2.88. The number of nitrogens with zero attached hydrogens (tertiary/aromatic N) is 7. The molecule has 3 aromatic rings. The van der Waals surface area contributed by atoms with Crippen molar-refractivity contribution in [3.63, 3.8) is 0 Å². The highest BCUT2D eigenvalue weighted by molar-refractivity contribution is 6.30. The Labute approximate surface area is 163 Å². The molecule has 4 rings (SSSR count).